The number of amides is 1. The van der Waals surface area contributed by atoms with Crippen LogP contribution < -0.4 is 10.6 Å². The molecule has 1 amide bonds. The Morgan fingerprint density at radius 3 is 2.55 bits per heavy atom. The highest BCUT2D eigenvalue weighted by molar-refractivity contribution is 7.90. The van der Waals surface area contributed by atoms with Gasteiger partial charge in [-0.25, -0.2) is 8.42 Å². The number of benzene rings is 1. The van der Waals surface area contributed by atoms with Gasteiger partial charge in [-0.05, 0) is 25.0 Å². The third-order valence-corrected chi connectivity index (χ3v) is 5.46. The number of rotatable bonds is 1. The van der Waals surface area contributed by atoms with Gasteiger partial charge < -0.3 is 10.6 Å². The van der Waals surface area contributed by atoms with Gasteiger partial charge in [0.25, 0.3) is 0 Å². The maximum Gasteiger partial charge on any atom is 0.232 e. The summed E-state index contributed by atoms with van der Waals surface area (Å²) in [5.41, 5.74) is 0.683. The first kappa shape index (κ1) is 13.4. The first-order chi connectivity index (χ1) is 9.42. The minimum absolute atomic E-state index is 0.0580. The molecule has 20 heavy (non-hydrogen) atoms. The summed E-state index contributed by atoms with van der Waals surface area (Å²) in [4.78, 5) is 12.7. The Morgan fingerprint density at radius 2 is 1.90 bits per heavy atom. The zero-order valence-electron chi connectivity index (χ0n) is 11.4. The van der Waals surface area contributed by atoms with Gasteiger partial charge in [0, 0.05) is 12.8 Å². The van der Waals surface area contributed by atoms with E-state index in [4.69, 9.17) is 0 Å². The van der Waals surface area contributed by atoms with E-state index < -0.39 is 15.3 Å². The molecule has 0 aromatic heterocycles. The van der Waals surface area contributed by atoms with E-state index >= 15 is 0 Å². The van der Waals surface area contributed by atoms with E-state index in [1.807, 2.05) is 0 Å². The maximum atomic E-state index is 12.5. The van der Waals surface area contributed by atoms with Crippen molar-refractivity contribution in [1.82, 2.24) is 0 Å². The largest absolute Gasteiger partial charge is 0.382 e. The van der Waals surface area contributed by atoms with Gasteiger partial charge in [-0.2, -0.15) is 0 Å². The Bertz CT molecular complexity index is 661. The minimum atomic E-state index is -3.37. The van der Waals surface area contributed by atoms with Crippen LogP contribution in [0.3, 0.4) is 0 Å². The number of fused-ring (bicyclic) bond motifs is 1. The van der Waals surface area contributed by atoms with Crippen molar-refractivity contribution in [3.05, 3.63) is 18.2 Å². The van der Waals surface area contributed by atoms with Crippen molar-refractivity contribution < 1.29 is 13.2 Å². The van der Waals surface area contributed by atoms with Crippen LogP contribution in [-0.2, 0) is 14.6 Å². The predicted molar refractivity (Wildman–Crippen MR) is 77.6 cm³/mol. The Kier molecular flexibility index (Phi) is 3.01. The molecule has 1 fully saturated rings. The van der Waals surface area contributed by atoms with E-state index in [9.17, 15) is 13.2 Å². The second-order valence-electron chi connectivity index (χ2n) is 5.75. The summed E-state index contributed by atoms with van der Waals surface area (Å²) < 4.78 is 23.7. The smallest absolute Gasteiger partial charge is 0.232 e. The number of sulfone groups is 1. The maximum absolute atomic E-state index is 12.5. The summed E-state index contributed by atoms with van der Waals surface area (Å²) >= 11 is 0. The zero-order valence-corrected chi connectivity index (χ0v) is 12.2. The lowest BCUT2D eigenvalue weighted by Crippen LogP contribution is -2.37. The molecule has 1 aromatic rings. The number of carbonyl (C=O) groups excluding carboxylic acids is 1. The van der Waals surface area contributed by atoms with E-state index in [1.54, 1.807) is 12.1 Å². The van der Waals surface area contributed by atoms with Gasteiger partial charge in [0.2, 0.25) is 5.91 Å². The van der Waals surface area contributed by atoms with Crippen LogP contribution >= 0.6 is 0 Å². The Labute approximate surface area is 118 Å². The van der Waals surface area contributed by atoms with Crippen LogP contribution in [0.15, 0.2) is 23.1 Å². The molecule has 0 saturated heterocycles. The molecule has 1 aliphatic heterocycles. The van der Waals surface area contributed by atoms with Gasteiger partial charge in [-0.15, -0.1) is 0 Å². The highest BCUT2D eigenvalue weighted by atomic mass is 32.2. The summed E-state index contributed by atoms with van der Waals surface area (Å²) in [5.74, 6) is -0.0580. The van der Waals surface area contributed by atoms with Crippen LogP contribution in [0.5, 0.6) is 0 Å². The van der Waals surface area contributed by atoms with Gasteiger partial charge in [0.05, 0.1) is 21.7 Å². The molecule has 2 aliphatic rings. The summed E-state index contributed by atoms with van der Waals surface area (Å²) in [5, 5.41) is 6.10. The van der Waals surface area contributed by atoms with Crippen molar-refractivity contribution in [3.8, 4) is 0 Å². The quantitative estimate of drug-likeness (QED) is 0.831. The van der Waals surface area contributed by atoms with E-state index in [2.05, 4.69) is 10.6 Å². The number of nitrogens with one attached hydrogen (secondary N) is 2. The molecule has 6 heteroatoms. The van der Waals surface area contributed by atoms with Crippen LogP contribution in [0.25, 0.3) is 0 Å². The van der Waals surface area contributed by atoms with Crippen molar-refractivity contribution in [1.29, 1.82) is 0 Å². The highest BCUT2D eigenvalue weighted by Gasteiger charge is 2.43. The van der Waals surface area contributed by atoms with Crippen LogP contribution in [0.2, 0.25) is 0 Å². The molecule has 2 N–H and O–H groups in total. The molecule has 1 spiro atoms. The van der Waals surface area contributed by atoms with Crippen LogP contribution in [-0.4, -0.2) is 27.1 Å². The molecule has 0 radical (unpaired) electrons. The fourth-order valence-corrected chi connectivity index (χ4v) is 4.02. The number of carbonyl (C=O) groups is 1. The predicted octanol–water partition coefficient (Wildman–Crippen LogP) is 2.01. The van der Waals surface area contributed by atoms with E-state index in [0.29, 0.717) is 17.9 Å². The summed E-state index contributed by atoms with van der Waals surface area (Å²) in [6, 6.07) is 5.03. The number of para-hydroxylation sites is 1. The zero-order chi connectivity index (χ0) is 14.4. The molecule has 1 heterocycles. The van der Waals surface area contributed by atoms with Crippen molar-refractivity contribution in [3.63, 3.8) is 0 Å². The number of anilines is 2. The number of hydrogen-bond acceptors (Lipinski definition) is 4. The average Bonchev–Trinajstić information content (AvgIpc) is 2.80. The molecule has 1 aromatic carbocycles. The van der Waals surface area contributed by atoms with Gasteiger partial charge in [-0.1, -0.05) is 18.9 Å². The van der Waals surface area contributed by atoms with Gasteiger partial charge in [0.1, 0.15) is 0 Å². The van der Waals surface area contributed by atoms with Crippen LogP contribution in [0.1, 0.15) is 25.7 Å². The fraction of sp³-hybridized carbons (Fsp3) is 0.500. The third-order valence-electron chi connectivity index (χ3n) is 4.32. The normalized spacial score (nSPS) is 20.9. The molecule has 3 rings (SSSR count). The average molecular weight is 294 g/mol. The van der Waals surface area contributed by atoms with Crippen molar-refractivity contribution in [2.75, 3.05) is 23.4 Å². The second kappa shape index (κ2) is 4.48. The van der Waals surface area contributed by atoms with Crippen molar-refractivity contribution >= 4 is 27.1 Å². The van der Waals surface area contributed by atoms with Crippen LogP contribution in [0, 0.1) is 5.41 Å². The van der Waals surface area contributed by atoms with Gasteiger partial charge in [-0.3, -0.25) is 4.79 Å². The lowest BCUT2D eigenvalue weighted by atomic mass is 9.85. The van der Waals surface area contributed by atoms with Gasteiger partial charge >= 0.3 is 0 Å². The van der Waals surface area contributed by atoms with E-state index in [1.165, 1.54) is 6.07 Å². The van der Waals surface area contributed by atoms with Crippen molar-refractivity contribution in [2.24, 2.45) is 5.41 Å². The number of hydrogen-bond donors (Lipinski definition) is 2. The lowest BCUT2D eigenvalue weighted by molar-refractivity contribution is -0.124. The molecule has 1 saturated carbocycles. The summed E-state index contributed by atoms with van der Waals surface area (Å²) in [7, 11) is -3.37. The lowest BCUT2D eigenvalue weighted by Gasteiger charge is -2.24. The molecular formula is C14H18N2O3S. The monoisotopic (exact) mass is 294 g/mol. The Hall–Kier alpha value is -1.56. The first-order valence-corrected chi connectivity index (χ1v) is 8.70. The molecule has 1 aliphatic carbocycles. The molecule has 0 bridgehead atoms. The first-order valence-electron chi connectivity index (χ1n) is 6.81. The molecule has 0 atom stereocenters. The van der Waals surface area contributed by atoms with E-state index in [0.717, 1.165) is 31.9 Å². The topological polar surface area (TPSA) is 75.3 Å². The Balaban J connectivity index is 2.07. The fourth-order valence-electron chi connectivity index (χ4n) is 3.16. The van der Waals surface area contributed by atoms with Gasteiger partial charge in [0.15, 0.2) is 9.84 Å². The molecule has 0 unspecified atom stereocenters. The second-order valence-corrected chi connectivity index (χ2v) is 7.73. The molecule has 108 valence electrons. The standard InChI is InChI=1S/C14H18N2O3S/c1-20(18,19)11-6-4-5-10-12(11)16-13(17)14(9-15-10)7-2-3-8-14/h4-6,15H,2-3,7-9H2,1H3,(H,16,17). The summed E-state index contributed by atoms with van der Waals surface area (Å²) in [6.45, 7) is 0.569. The van der Waals surface area contributed by atoms with Crippen LogP contribution in [0.4, 0.5) is 11.4 Å². The highest BCUT2D eigenvalue weighted by Crippen LogP contribution is 2.43. The summed E-state index contributed by atoms with van der Waals surface area (Å²) in [6.07, 6.45) is 4.96. The van der Waals surface area contributed by atoms with E-state index in [-0.39, 0.29) is 10.8 Å². The third kappa shape index (κ3) is 2.08. The molecule has 5 nitrogen and oxygen atoms in total. The van der Waals surface area contributed by atoms with Crippen molar-refractivity contribution in [2.45, 2.75) is 30.6 Å². The Morgan fingerprint density at radius 1 is 1.20 bits per heavy atom. The minimum Gasteiger partial charge on any atom is -0.382 e. The SMILES string of the molecule is CS(=O)(=O)c1cccc2c1NC(=O)C1(CCCC1)CN2. The molecular weight excluding hydrogens is 276 g/mol.